The second-order valence-corrected chi connectivity index (χ2v) is 6.99. The van der Waals surface area contributed by atoms with Crippen molar-refractivity contribution in [1.29, 1.82) is 0 Å². The summed E-state index contributed by atoms with van der Waals surface area (Å²) >= 11 is 0. The fourth-order valence-corrected chi connectivity index (χ4v) is 3.53. The number of hydrogen-bond acceptors (Lipinski definition) is 6. The normalized spacial score (nSPS) is 16.5. The summed E-state index contributed by atoms with van der Waals surface area (Å²) in [6.07, 6.45) is 11.9. The summed E-state index contributed by atoms with van der Waals surface area (Å²) in [7, 11) is 1.85. The summed E-state index contributed by atoms with van der Waals surface area (Å²) in [5.74, 6) is 1.33. The van der Waals surface area contributed by atoms with Gasteiger partial charge in [-0.1, -0.05) is 6.07 Å². The monoisotopic (exact) mass is 389 g/mol. The number of amides is 1. The van der Waals surface area contributed by atoms with Crippen LogP contribution in [-0.2, 0) is 11.8 Å². The third kappa shape index (κ3) is 4.01. The minimum Gasteiger partial charge on any atom is -0.330 e. The van der Waals surface area contributed by atoms with Crippen molar-refractivity contribution < 1.29 is 4.79 Å². The smallest absolute Gasteiger partial charge is 0.247 e. The topological polar surface area (TPSA) is 88.8 Å². The number of likely N-dealkylation sites (tertiary alicyclic amines) is 1. The standard InChI is InChI=1S/C21H23N7O/c1-15-5-3-10-23-20(15)26-21-19(22-12-13-24-21)17-6-4-14-28(17)18(29)8-7-16-9-11-25-27(16)2/h3,5,7-13,17H,4,6,14H2,1-2H3,(H,23,24,26)/b8-7+. The van der Waals surface area contributed by atoms with Crippen molar-refractivity contribution in [2.45, 2.75) is 25.8 Å². The van der Waals surface area contributed by atoms with Gasteiger partial charge in [0.25, 0.3) is 0 Å². The Labute approximate surface area is 169 Å². The van der Waals surface area contributed by atoms with E-state index in [1.807, 2.05) is 37.1 Å². The van der Waals surface area contributed by atoms with E-state index in [-0.39, 0.29) is 11.9 Å². The molecule has 4 heterocycles. The molecule has 1 amide bonds. The summed E-state index contributed by atoms with van der Waals surface area (Å²) in [6.45, 7) is 2.68. The number of nitrogens with one attached hydrogen (secondary N) is 1. The molecular weight excluding hydrogens is 366 g/mol. The van der Waals surface area contributed by atoms with Gasteiger partial charge in [0.05, 0.1) is 11.7 Å². The van der Waals surface area contributed by atoms with E-state index in [1.54, 1.807) is 41.6 Å². The SMILES string of the molecule is Cc1cccnc1Nc1nccnc1C1CCCN1C(=O)/C=C/c1ccnn1C. The third-order valence-electron chi connectivity index (χ3n) is 5.08. The molecular formula is C21H23N7O. The van der Waals surface area contributed by atoms with E-state index < -0.39 is 0 Å². The van der Waals surface area contributed by atoms with E-state index >= 15 is 0 Å². The Hall–Kier alpha value is -3.55. The van der Waals surface area contributed by atoms with Crippen LogP contribution in [0.1, 0.15) is 35.8 Å². The van der Waals surface area contributed by atoms with Gasteiger partial charge in [0.15, 0.2) is 5.82 Å². The molecule has 1 atom stereocenters. The van der Waals surface area contributed by atoms with Crippen molar-refractivity contribution in [3.63, 3.8) is 0 Å². The second kappa shape index (κ2) is 8.22. The van der Waals surface area contributed by atoms with Crippen LogP contribution in [0.2, 0.25) is 0 Å². The number of carbonyl (C=O) groups excluding carboxylic acids is 1. The zero-order valence-corrected chi connectivity index (χ0v) is 16.5. The molecule has 4 rings (SSSR count). The highest BCUT2D eigenvalue weighted by Crippen LogP contribution is 2.35. The molecule has 1 saturated heterocycles. The maximum Gasteiger partial charge on any atom is 0.247 e. The van der Waals surface area contributed by atoms with Gasteiger partial charge < -0.3 is 10.2 Å². The van der Waals surface area contributed by atoms with Gasteiger partial charge in [-0.15, -0.1) is 0 Å². The minimum absolute atomic E-state index is 0.0423. The molecule has 1 N–H and O–H groups in total. The number of pyridine rings is 1. The van der Waals surface area contributed by atoms with E-state index in [2.05, 4.69) is 25.4 Å². The second-order valence-electron chi connectivity index (χ2n) is 6.99. The predicted molar refractivity (Wildman–Crippen MR) is 110 cm³/mol. The van der Waals surface area contributed by atoms with Crippen molar-refractivity contribution in [3.05, 3.63) is 66.0 Å². The van der Waals surface area contributed by atoms with Crippen LogP contribution in [0.15, 0.2) is 49.1 Å². The highest BCUT2D eigenvalue weighted by atomic mass is 16.2. The van der Waals surface area contributed by atoms with Crippen LogP contribution in [0, 0.1) is 6.92 Å². The molecule has 3 aromatic heterocycles. The molecule has 1 unspecified atom stereocenters. The average Bonchev–Trinajstić information content (AvgIpc) is 3.37. The molecule has 3 aromatic rings. The van der Waals surface area contributed by atoms with Crippen LogP contribution in [0.25, 0.3) is 6.08 Å². The van der Waals surface area contributed by atoms with Crippen LogP contribution in [-0.4, -0.2) is 42.1 Å². The zero-order valence-electron chi connectivity index (χ0n) is 16.5. The summed E-state index contributed by atoms with van der Waals surface area (Å²) in [4.78, 5) is 28.2. The van der Waals surface area contributed by atoms with Gasteiger partial charge in [-0.2, -0.15) is 5.10 Å². The number of rotatable bonds is 5. The average molecular weight is 389 g/mol. The molecule has 29 heavy (non-hydrogen) atoms. The minimum atomic E-state index is -0.126. The Morgan fingerprint density at radius 3 is 2.76 bits per heavy atom. The summed E-state index contributed by atoms with van der Waals surface area (Å²) < 4.78 is 1.73. The first-order valence-corrected chi connectivity index (χ1v) is 9.59. The Morgan fingerprint density at radius 1 is 1.14 bits per heavy atom. The van der Waals surface area contributed by atoms with Gasteiger partial charge in [-0.3, -0.25) is 14.5 Å². The van der Waals surface area contributed by atoms with Gasteiger partial charge in [0.1, 0.15) is 11.5 Å². The van der Waals surface area contributed by atoms with Gasteiger partial charge >= 0.3 is 0 Å². The number of anilines is 2. The quantitative estimate of drug-likeness (QED) is 0.675. The molecule has 1 aliphatic rings. The highest BCUT2D eigenvalue weighted by Gasteiger charge is 2.32. The Morgan fingerprint density at radius 2 is 1.97 bits per heavy atom. The van der Waals surface area contributed by atoms with Gasteiger partial charge in [-0.25, -0.2) is 9.97 Å². The molecule has 0 saturated carbocycles. The molecule has 1 fully saturated rings. The van der Waals surface area contributed by atoms with E-state index in [9.17, 15) is 4.79 Å². The lowest BCUT2D eigenvalue weighted by Gasteiger charge is -2.24. The fraction of sp³-hybridized carbons (Fsp3) is 0.286. The molecule has 0 bridgehead atoms. The number of nitrogens with zero attached hydrogens (tertiary/aromatic N) is 6. The Bertz CT molecular complexity index is 1040. The van der Waals surface area contributed by atoms with E-state index in [0.29, 0.717) is 12.4 Å². The Balaban J connectivity index is 1.57. The maximum atomic E-state index is 12.9. The fourth-order valence-electron chi connectivity index (χ4n) is 3.53. The van der Waals surface area contributed by atoms with Crippen molar-refractivity contribution in [2.75, 3.05) is 11.9 Å². The van der Waals surface area contributed by atoms with Crippen LogP contribution >= 0.6 is 0 Å². The van der Waals surface area contributed by atoms with Crippen molar-refractivity contribution in [2.24, 2.45) is 7.05 Å². The van der Waals surface area contributed by atoms with Gasteiger partial charge in [-0.05, 0) is 43.5 Å². The first-order chi connectivity index (χ1) is 14.1. The molecule has 0 radical (unpaired) electrons. The Kier molecular flexibility index (Phi) is 5.33. The van der Waals surface area contributed by atoms with Crippen molar-refractivity contribution >= 4 is 23.6 Å². The first-order valence-electron chi connectivity index (χ1n) is 9.59. The van der Waals surface area contributed by atoms with Crippen LogP contribution < -0.4 is 5.32 Å². The lowest BCUT2D eigenvalue weighted by Crippen LogP contribution is -2.30. The number of carbonyl (C=O) groups is 1. The highest BCUT2D eigenvalue weighted by molar-refractivity contribution is 5.92. The molecule has 0 aromatic carbocycles. The lowest BCUT2D eigenvalue weighted by atomic mass is 10.1. The number of hydrogen-bond donors (Lipinski definition) is 1. The summed E-state index contributed by atoms with van der Waals surface area (Å²) in [6, 6.07) is 5.62. The molecule has 148 valence electrons. The van der Waals surface area contributed by atoms with Crippen molar-refractivity contribution in [3.8, 4) is 0 Å². The van der Waals surface area contributed by atoms with E-state index in [4.69, 9.17) is 0 Å². The first kappa shape index (κ1) is 18.8. The van der Waals surface area contributed by atoms with Gasteiger partial charge in [0, 0.05) is 44.5 Å². The predicted octanol–water partition coefficient (Wildman–Crippen LogP) is 3.03. The lowest BCUT2D eigenvalue weighted by molar-refractivity contribution is -0.126. The van der Waals surface area contributed by atoms with Gasteiger partial charge in [0.2, 0.25) is 5.91 Å². The van der Waals surface area contributed by atoms with Crippen molar-refractivity contribution in [1.82, 2.24) is 29.6 Å². The molecule has 0 aliphatic carbocycles. The summed E-state index contributed by atoms with van der Waals surface area (Å²) in [5, 5.41) is 7.41. The zero-order chi connectivity index (χ0) is 20.2. The third-order valence-corrected chi connectivity index (χ3v) is 5.08. The molecule has 1 aliphatic heterocycles. The maximum absolute atomic E-state index is 12.9. The largest absolute Gasteiger partial charge is 0.330 e. The van der Waals surface area contributed by atoms with E-state index in [0.717, 1.165) is 35.6 Å². The summed E-state index contributed by atoms with van der Waals surface area (Å²) in [5.41, 5.74) is 2.65. The van der Waals surface area contributed by atoms with Crippen LogP contribution in [0.3, 0.4) is 0 Å². The molecule has 0 spiro atoms. The molecule has 8 nitrogen and oxygen atoms in total. The molecule has 8 heteroatoms. The van der Waals surface area contributed by atoms with Crippen LogP contribution in [0.5, 0.6) is 0 Å². The number of aromatic nitrogens is 5. The number of aryl methyl sites for hydroxylation is 2. The van der Waals surface area contributed by atoms with E-state index in [1.165, 1.54) is 0 Å². The van der Waals surface area contributed by atoms with Crippen LogP contribution in [0.4, 0.5) is 11.6 Å².